The minimum Gasteiger partial charge on any atom is -0.336 e. The van der Waals surface area contributed by atoms with Gasteiger partial charge in [-0.2, -0.15) is 0 Å². The van der Waals surface area contributed by atoms with E-state index < -0.39 is 0 Å². The predicted octanol–water partition coefficient (Wildman–Crippen LogP) is 3.64. The van der Waals surface area contributed by atoms with E-state index >= 15 is 0 Å². The fourth-order valence-electron chi connectivity index (χ4n) is 2.51. The largest absolute Gasteiger partial charge is 0.336 e. The summed E-state index contributed by atoms with van der Waals surface area (Å²) in [6.07, 6.45) is 0. The van der Waals surface area contributed by atoms with Gasteiger partial charge in [-0.05, 0) is 31.2 Å². The summed E-state index contributed by atoms with van der Waals surface area (Å²) < 4.78 is 15.3. The van der Waals surface area contributed by atoms with Gasteiger partial charge in [-0.15, -0.1) is 5.10 Å². The molecule has 0 atom stereocenters. The highest BCUT2D eigenvalue weighted by Gasteiger charge is 2.21. The van der Waals surface area contributed by atoms with Gasteiger partial charge in [0.05, 0.1) is 11.4 Å². The van der Waals surface area contributed by atoms with Crippen LogP contribution < -0.4 is 0 Å². The molecule has 0 spiro atoms. The van der Waals surface area contributed by atoms with Crippen LogP contribution in [0.1, 0.15) is 21.7 Å². The summed E-state index contributed by atoms with van der Waals surface area (Å²) in [6, 6.07) is 13.5. The lowest BCUT2D eigenvalue weighted by atomic mass is 10.2. The van der Waals surface area contributed by atoms with Gasteiger partial charge in [0.1, 0.15) is 5.82 Å². The zero-order chi connectivity index (χ0) is 18.0. The van der Waals surface area contributed by atoms with Crippen LogP contribution in [0.2, 0.25) is 5.02 Å². The molecular formula is C18H16ClFN4O. The number of amides is 1. The lowest BCUT2D eigenvalue weighted by Crippen LogP contribution is -2.27. The molecule has 0 saturated carbocycles. The summed E-state index contributed by atoms with van der Waals surface area (Å²) >= 11 is 6.00. The first-order valence-electron chi connectivity index (χ1n) is 7.64. The lowest BCUT2D eigenvalue weighted by Gasteiger charge is -2.16. The molecular weight excluding hydrogens is 343 g/mol. The smallest absolute Gasteiger partial charge is 0.276 e. The summed E-state index contributed by atoms with van der Waals surface area (Å²) in [6.45, 7) is 1.90. The average Bonchev–Trinajstić information content (AvgIpc) is 2.97. The van der Waals surface area contributed by atoms with Gasteiger partial charge in [0.15, 0.2) is 5.69 Å². The van der Waals surface area contributed by atoms with Gasteiger partial charge < -0.3 is 4.90 Å². The summed E-state index contributed by atoms with van der Waals surface area (Å²) in [5.74, 6) is -0.671. The number of hydrogen-bond donors (Lipinski definition) is 0. The summed E-state index contributed by atoms with van der Waals surface area (Å²) in [5.41, 5.74) is 1.97. The van der Waals surface area contributed by atoms with Crippen LogP contribution in [0.25, 0.3) is 5.69 Å². The molecule has 0 unspecified atom stereocenters. The molecule has 0 N–H and O–H groups in total. The SMILES string of the molecule is Cc1c(C(=O)N(C)Cc2ccccc2F)nnn1-c1cccc(Cl)c1. The van der Waals surface area contributed by atoms with Crippen LogP contribution in [0, 0.1) is 12.7 Å². The fraction of sp³-hybridized carbons (Fsp3) is 0.167. The van der Waals surface area contributed by atoms with Crippen LogP contribution in [-0.2, 0) is 6.54 Å². The van der Waals surface area contributed by atoms with Crippen molar-refractivity contribution in [3.05, 3.63) is 76.3 Å². The first-order valence-corrected chi connectivity index (χ1v) is 8.02. The molecule has 0 saturated heterocycles. The van der Waals surface area contributed by atoms with Crippen LogP contribution >= 0.6 is 11.6 Å². The molecule has 0 aliphatic carbocycles. The van der Waals surface area contributed by atoms with Crippen molar-refractivity contribution in [2.24, 2.45) is 0 Å². The van der Waals surface area contributed by atoms with Crippen molar-refractivity contribution in [3.8, 4) is 5.69 Å². The standard InChI is InChI=1S/C18H16ClFN4O/c1-12-17(21-22-24(12)15-8-5-7-14(19)10-15)18(25)23(2)11-13-6-3-4-9-16(13)20/h3-10H,11H2,1-2H3. The van der Waals surface area contributed by atoms with Gasteiger partial charge in [0.25, 0.3) is 5.91 Å². The Bertz CT molecular complexity index is 925. The average molecular weight is 359 g/mol. The van der Waals surface area contributed by atoms with Gasteiger partial charge in [-0.1, -0.05) is 41.1 Å². The van der Waals surface area contributed by atoms with Crippen LogP contribution in [-0.4, -0.2) is 32.8 Å². The molecule has 0 aliphatic heterocycles. The Morgan fingerprint density at radius 2 is 2.00 bits per heavy atom. The zero-order valence-electron chi connectivity index (χ0n) is 13.8. The Morgan fingerprint density at radius 1 is 1.24 bits per heavy atom. The fourth-order valence-corrected chi connectivity index (χ4v) is 2.70. The minimum absolute atomic E-state index is 0.148. The molecule has 128 valence electrons. The molecule has 7 heteroatoms. The quantitative estimate of drug-likeness (QED) is 0.715. The molecule has 25 heavy (non-hydrogen) atoms. The van der Waals surface area contributed by atoms with Gasteiger partial charge >= 0.3 is 0 Å². The molecule has 1 aromatic heterocycles. The van der Waals surface area contributed by atoms with Gasteiger partial charge in [-0.3, -0.25) is 4.79 Å². The molecule has 0 fully saturated rings. The maximum absolute atomic E-state index is 13.8. The molecule has 5 nitrogen and oxygen atoms in total. The zero-order valence-corrected chi connectivity index (χ0v) is 14.5. The van der Waals surface area contributed by atoms with Crippen molar-refractivity contribution in [1.29, 1.82) is 0 Å². The molecule has 3 aromatic rings. The minimum atomic E-state index is -0.346. The van der Waals surface area contributed by atoms with Gasteiger partial charge in [0.2, 0.25) is 0 Å². The lowest BCUT2D eigenvalue weighted by molar-refractivity contribution is 0.0777. The number of aromatic nitrogens is 3. The van der Waals surface area contributed by atoms with E-state index in [9.17, 15) is 9.18 Å². The summed E-state index contributed by atoms with van der Waals surface area (Å²) in [7, 11) is 1.60. The highest BCUT2D eigenvalue weighted by atomic mass is 35.5. The number of rotatable bonds is 4. The normalized spacial score (nSPS) is 10.7. The van der Waals surface area contributed by atoms with Crippen molar-refractivity contribution in [3.63, 3.8) is 0 Å². The Balaban J connectivity index is 1.84. The predicted molar refractivity (Wildman–Crippen MR) is 93.3 cm³/mol. The second-order valence-electron chi connectivity index (χ2n) is 5.67. The first kappa shape index (κ1) is 17.1. The number of nitrogens with zero attached hydrogens (tertiary/aromatic N) is 4. The number of halogens is 2. The Morgan fingerprint density at radius 3 is 2.72 bits per heavy atom. The molecule has 0 aliphatic rings. The van der Waals surface area contributed by atoms with E-state index in [0.29, 0.717) is 22.0 Å². The van der Waals surface area contributed by atoms with Crippen LogP contribution in [0.4, 0.5) is 4.39 Å². The summed E-state index contributed by atoms with van der Waals surface area (Å²) in [5, 5.41) is 8.60. The third kappa shape index (κ3) is 3.53. The van der Waals surface area contributed by atoms with E-state index in [2.05, 4.69) is 10.3 Å². The van der Waals surface area contributed by atoms with Crippen LogP contribution in [0.15, 0.2) is 48.5 Å². The monoisotopic (exact) mass is 358 g/mol. The van der Waals surface area contributed by atoms with Crippen molar-refractivity contribution in [2.45, 2.75) is 13.5 Å². The second-order valence-corrected chi connectivity index (χ2v) is 6.10. The number of carbonyl (C=O) groups is 1. The van der Waals surface area contributed by atoms with Gasteiger partial charge in [0, 0.05) is 24.2 Å². The third-order valence-corrected chi connectivity index (χ3v) is 4.10. The highest BCUT2D eigenvalue weighted by Crippen LogP contribution is 2.18. The van der Waals surface area contributed by atoms with E-state index in [1.54, 1.807) is 55.1 Å². The van der Waals surface area contributed by atoms with Crippen molar-refractivity contribution in [2.75, 3.05) is 7.05 Å². The molecule has 1 heterocycles. The van der Waals surface area contributed by atoms with E-state index in [1.807, 2.05) is 6.07 Å². The maximum Gasteiger partial charge on any atom is 0.276 e. The van der Waals surface area contributed by atoms with Crippen molar-refractivity contribution in [1.82, 2.24) is 19.9 Å². The molecule has 0 radical (unpaired) electrons. The topological polar surface area (TPSA) is 51.0 Å². The Labute approximate surface area is 149 Å². The Kier molecular flexibility index (Phi) is 4.81. The molecule has 2 aromatic carbocycles. The highest BCUT2D eigenvalue weighted by molar-refractivity contribution is 6.30. The number of carbonyl (C=O) groups excluding carboxylic acids is 1. The molecule has 1 amide bonds. The van der Waals surface area contributed by atoms with E-state index in [-0.39, 0.29) is 24.0 Å². The van der Waals surface area contributed by atoms with Crippen molar-refractivity contribution >= 4 is 17.5 Å². The van der Waals surface area contributed by atoms with Crippen molar-refractivity contribution < 1.29 is 9.18 Å². The summed E-state index contributed by atoms with van der Waals surface area (Å²) in [4.78, 5) is 14.1. The Hall–Kier alpha value is -2.73. The first-order chi connectivity index (χ1) is 12.0. The number of benzene rings is 2. The van der Waals surface area contributed by atoms with Crippen LogP contribution in [0.5, 0.6) is 0 Å². The van der Waals surface area contributed by atoms with Crippen LogP contribution in [0.3, 0.4) is 0 Å². The second kappa shape index (κ2) is 7.03. The van der Waals surface area contributed by atoms with E-state index in [0.717, 1.165) is 0 Å². The van der Waals surface area contributed by atoms with E-state index in [1.165, 1.54) is 11.0 Å². The maximum atomic E-state index is 13.8. The number of hydrogen-bond acceptors (Lipinski definition) is 3. The van der Waals surface area contributed by atoms with E-state index in [4.69, 9.17) is 11.6 Å². The molecule has 3 rings (SSSR count). The molecule has 0 bridgehead atoms. The third-order valence-electron chi connectivity index (χ3n) is 3.86. The van der Waals surface area contributed by atoms with Gasteiger partial charge in [-0.25, -0.2) is 9.07 Å².